The number of nitrogens with zero attached hydrogens (tertiary/aromatic N) is 3. The Morgan fingerprint density at radius 1 is 1.14 bits per heavy atom. The van der Waals surface area contributed by atoms with Crippen LogP contribution < -0.4 is 5.32 Å². The Kier molecular flexibility index (Phi) is 7.53. The van der Waals surface area contributed by atoms with Crippen molar-refractivity contribution in [3.8, 4) is 0 Å². The van der Waals surface area contributed by atoms with Gasteiger partial charge >= 0.3 is 6.09 Å². The van der Waals surface area contributed by atoms with Crippen molar-refractivity contribution in [3.63, 3.8) is 0 Å². The molecule has 21 heavy (non-hydrogen) atoms. The molecule has 0 heterocycles. The fourth-order valence-corrected chi connectivity index (χ4v) is 1.74. The molecule has 0 aliphatic rings. The zero-order valence-corrected chi connectivity index (χ0v) is 15.0. The van der Waals surface area contributed by atoms with E-state index >= 15 is 0 Å². The molecule has 0 aromatic carbocycles. The molecule has 0 saturated carbocycles. The number of amides is 1. The first kappa shape index (κ1) is 19.5. The maximum Gasteiger partial charge on any atom is 0.407 e. The summed E-state index contributed by atoms with van der Waals surface area (Å²) in [7, 11) is 7.80. The minimum atomic E-state index is -0.493. The Balaban J connectivity index is 4.78. The third-order valence-corrected chi connectivity index (χ3v) is 2.74. The number of carbonyl (C=O) groups is 1. The highest BCUT2D eigenvalue weighted by molar-refractivity contribution is 5.79. The summed E-state index contributed by atoms with van der Waals surface area (Å²) >= 11 is 0. The van der Waals surface area contributed by atoms with Crippen LogP contribution in [0.2, 0.25) is 0 Å². The number of hydrogen-bond acceptors (Lipinski definition) is 3. The summed E-state index contributed by atoms with van der Waals surface area (Å²) in [6.07, 6.45) is -0.396. The summed E-state index contributed by atoms with van der Waals surface area (Å²) in [5.41, 5.74) is -0.493. The Morgan fingerprint density at radius 2 is 1.62 bits per heavy atom. The van der Waals surface area contributed by atoms with Gasteiger partial charge in [-0.25, -0.2) is 4.79 Å². The molecule has 1 amide bonds. The summed E-state index contributed by atoms with van der Waals surface area (Å²) < 4.78 is 5.30. The van der Waals surface area contributed by atoms with Crippen LogP contribution in [0.5, 0.6) is 0 Å². The first-order valence-corrected chi connectivity index (χ1v) is 7.32. The first-order valence-electron chi connectivity index (χ1n) is 7.32. The lowest BCUT2D eigenvalue weighted by Crippen LogP contribution is -2.44. The normalized spacial score (nSPS) is 12.7. The van der Waals surface area contributed by atoms with Gasteiger partial charge in [-0.3, -0.25) is 4.99 Å². The molecular weight excluding hydrogens is 268 g/mol. The zero-order valence-electron chi connectivity index (χ0n) is 15.0. The summed E-state index contributed by atoms with van der Waals surface area (Å²) in [4.78, 5) is 20.4. The molecule has 0 aromatic rings. The molecule has 1 atom stereocenters. The van der Waals surface area contributed by atoms with E-state index in [9.17, 15) is 4.79 Å². The summed E-state index contributed by atoms with van der Waals surface area (Å²) in [5.74, 6) is 1.14. The highest BCUT2D eigenvalue weighted by Gasteiger charge is 2.21. The maximum atomic E-state index is 11.9. The molecule has 0 fully saturated rings. The zero-order chi connectivity index (χ0) is 16.8. The SMILES string of the molecule is CC(C)C(CN=C(N(C)C)N(C)C)NC(=O)OC(C)(C)C. The number of hydrogen-bond donors (Lipinski definition) is 1. The van der Waals surface area contributed by atoms with Gasteiger partial charge in [-0.15, -0.1) is 0 Å². The smallest absolute Gasteiger partial charge is 0.407 e. The van der Waals surface area contributed by atoms with Crippen molar-refractivity contribution in [3.05, 3.63) is 0 Å². The fourth-order valence-electron chi connectivity index (χ4n) is 1.74. The van der Waals surface area contributed by atoms with Crippen molar-refractivity contribution in [1.82, 2.24) is 15.1 Å². The van der Waals surface area contributed by atoms with E-state index in [4.69, 9.17) is 4.74 Å². The third kappa shape index (κ3) is 8.42. The summed E-state index contributed by atoms with van der Waals surface area (Å²) in [5, 5.41) is 2.90. The largest absolute Gasteiger partial charge is 0.444 e. The van der Waals surface area contributed by atoms with Gasteiger partial charge in [-0.2, -0.15) is 0 Å². The topological polar surface area (TPSA) is 57.2 Å². The molecule has 0 spiro atoms. The Hall–Kier alpha value is -1.46. The van der Waals surface area contributed by atoms with Gasteiger partial charge < -0.3 is 19.9 Å². The molecule has 6 nitrogen and oxygen atoms in total. The van der Waals surface area contributed by atoms with Gasteiger partial charge in [0.25, 0.3) is 0 Å². The van der Waals surface area contributed by atoms with E-state index in [1.807, 2.05) is 58.8 Å². The molecule has 0 rings (SSSR count). The number of rotatable bonds is 4. The Bertz CT molecular complexity index is 347. The van der Waals surface area contributed by atoms with Crippen LogP contribution in [0.4, 0.5) is 4.79 Å². The van der Waals surface area contributed by atoms with Crippen molar-refractivity contribution >= 4 is 12.1 Å². The molecule has 0 aliphatic heterocycles. The van der Waals surface area contributed by atoms with Crippen molar-refractivity contribution < 1.29 is 9.53 Å². The highest BCUT2D eigenvalue weighted by atomic mass is 16.6. The van der Waals surface area contributed by atoms with Crippen LogP contribution in [0.25, 0.3) is 0 Å². The summed E-state index contributed by atoms with van der Waals surface area (Å²) in [6, 6.07) is -0.0604. The van der Waals surface area contributed by atoms with E-state index in [0.717, 1.165) is 5.96 Å². The number of aliphatic imine (C=N–C) groups is 1. The average Bonchev–Trinajstić information content (AvgIpc) is 2.23. The van der Waals surface area contributed by atoms with Crippen LogP contribution in [0.15, 0.2) is 4.99 Å². The standard InChI is InChI=1S/C15H32N4O2/c1-11(2)12(17-14(20)21-15(3,4)5)10-16-13(18(6)7)19(8)9/h11-12H,10H2,1-9H3,(H,17,20). The lowest BCUT2D eigenvalue weighted by molar-refractivity contribution is 0.0493. The molecule has 0 saturated heterocycles. The fraction of sp³-hybridized carbons (Fsp3) is 0.867. The molecule has 6 heteroatoms. The van der Waals surface area contributed by atoms with Gasteiger partial charge in [-0.1, -0.05) is 13.8 Å². The molecule has 0 aliphatic carbocycles. The monoisotopic (exact) mass is 300 g/mol. The highest BCUT2D eigenvalue weighted by Crippen LogP contribution is 2.09. The molecule has 124 valence electrons. The molecule has 0 bridgehead atoms. The second-order valence-corrected chi connectivity index (χ2v) is 6.93. The number of nitrogens with one attached hydrogen (secondary N) is 1. The van der Waals surface area contributed by atoms with E-state index in [2.05, 4.69) is 24.2 Å². The number of carbonyl (C=O) groups excluding carboxylic acids is 1. The van der Waals surface area contributed by atoms with Gasteiger partial charge in [0.05, 0.1) is 12.6 Å². The Morgan fingerprint density at radius 3 is 1.95 bits per heavy atom. The van der Waals surface area contributed by atoms with Crippen molar-refractivity contribution in [2.75, 3.05) is 34.7 Å². The predicted octanol–water partition coefficient (Wildman–Crippen LogP) is 2.01. The van der Waals surface area contributed by atoms with Crippen LogP contribution in [0, 0.1) is 5.92 Å². The predicted molar refractivity (Wildman–Crippen MR) is 87.7 cm³/mol. The second kappa shape index (κ2) is 8.10. The van der Waals surface area contributed by atoms with Crippen LogP contribution in [-0.2, 0) is 4.74 Å². The molecule has 1 N–H and O–H groups in total. The number of guanidine groups is 1. The quantitative estimate of drug-likeness (QED) is 0.637. The van der Waals surface area contributed by atoms with E-state index < -0.39 is 11.7 Å². The Labute approximate surface area is 129 Å². The van der Waals surface area contributed by atoms with Gasteiger partial charge in [0.1, 0.15) is 5.60 Å². The second-order valence-electron chi connectivity index (χ2n) is 6.93. The molecule has 1 unspecified atom stereocenters. The minimum Gasteiger partial charge on any atom is -0.444 e. The van der Waals surface area contributed by atoms with E-state index in [1.54, 1.807) is 0 Å². The molecule has 0 radical (unpaired) electrons. The van der Waals surface area contributed by atoms with Gasteiger partial charge in [0.2, 0.25) is 0 Å². The third-order valence-electron chi connectivity index (χ3n) is 2.74. The molecule has 0 aromatic heterocycles. The van der Waals surface area contributed by atoms with Crippen molar-refractivity contribution in [2.45, 2.75) is 46.3 Å². The van der Waals surface area contributed by atoms with Crippen LogP contribution >= 0.6 is 0 Å². The molecular formula is C15H32N4O2. The first-order chi connectivity index (χ1) is 9.44. The van der Waals surface area contributed by atoms with Crippen LogP contribution in [0.1, 0.15) is 34.6 Å². The van der Waals surface area contributed by atoms with E-state index in [-0.39, 0.29) is 12.0 Å². The summed E-state index contributed by atoms with van der Waals surface area (Å²) in [6.45, 7) is 10.2. The van der Waals surface area contributed by atoms with Gasteiger partial charge in [0.15, 0.2) is 5.96 Å². The minimum absolute atomic E-state index is 0.0604. The lowest BCUT2D eigenvalue weighted by Gasteiger charge is -2.27. The average molecular weight is 300 g/mol. The van der Waals surface area contributed by atoms with Crippen molar-refractivity contribution in [2.24, 2.45) is 10.9 Å². The maximum absolute atomic E-state index is 11.9. The van der Waals surface area contributed by atoms with E-state index in [1.165, 1.54) is 0 Å². The van der Waals surface area contributed by atoms with Crippen molar-refractivity contribution in [1.29, 1.82) is 0 Å². The van der Waals surface area contributed by atoms with Crippen LogP contribution in [0.3, 0.4) is 0 Å². The van der Waals surface area contributed by atoms with Crippen LogP contribution in [-0.4, -0.2) is 68.2 Å². The van der Waals surface area contributed by atoms with Gasteiger partial charge in [-0.05, 0) is 26.7 Å². The lowest BCUT2D eigenvalue weighted by atomic mass is 10.1. The number of alkyl carbamates (subject to hydrolysis) is 1. The van der Waals surface area contributed by atoms with Gasteiger partial charge in [0, 0.05) is 28.2 Å². The van der Waals surface area contributed by atoms with E-state index in [0.29, 0.717) is 6.54 Å². The number of ether oxygens (including phenoxy) is 1.